The lowest BCUT2D eigenvalue weighted by Gasteiger charge is -2.38. The maximum Gasteiger partial charge on any atom is 0.410 e. The van der Waals surface area contributed by atoms with E-state index in [9.17, 15) is 23.3 Å². The Balaban J connectivity index is 1.74. The van der Waals surface area contributed by atoms with Crippen LogP contribution < -0.4 is 0 Å². The molecule has 2 heterocycles. The summed E-state index contributed by atoms with van der Waals surface area (Å²) in [5, 5.41) is 11.1. The monoisotopic (exact) mass is 369 g/mol. The van der Waals surface area contributed by atoms with Crippen LogP contribution in [0.1, 0.15) is 19.3 Å². The molecule has 10 heteroatoms. The van der Waals surface area contributed by atoms with Gasteiger partial charge in [0.15, 0.2) is 4.90 Å². The first-order valence-corrected chi connectivity index (χ1v) is 9.52. The summed E-state index contributed by atoms with van der Waals surface area (Å²) < 4.78 is 31.8. The molecule has 0 radical (unpaired) electrons. The number of carbonyl (C=O) groups excluding carboxylic acids is 1. The standard InChI is InChI=1S/C15H19N3O6S/c19-15-17(8-3-11-24-15)12-6-9-16(10-7-12)25(22,23)14-5-2-1-4-13(14)18(20)21/h1-2,4-5,12H,3,6-11H2. The van der Waals surface area contributed by atoms with Gasteiger partial charge in [0.05, 0.1) is 11.5 Å². The Labute approximate surface area is 145 Å². The molecule has 0 saturated carbocycles. The SMILES string of the molecule is O=C1OCCCN1C1CCN(S(=O)(=O)c2ccccc2[N+](=O)[O-])CC1. The van der Waals surface area contributed by atoms with Crippen LogP contribution in [0.4, 0.5) is 10.5 Å². The second-order valence-electron chi connectivity index (χ2n) is 6.02. The molecule has 0 aromatic heterocycles. The number of hydrogen-bond acceptors (Lipinski definition) is 6. The maximum absolute atomic E-state index is 12.8. The topological polar surface area (TPSA) is 110 Å². The minimum atomic E-state index is -3.95. The molecule has 136 valence electrons. The third kappa shape index (κ3) is 3.45. The van der Waals surface area contributed by atoms with Crippen LogP contribution in [0.3, 0.4) is 0 Å². The van der Waals surface area contributed by atoms with Gasteiger partial charge >= 0.3 is 6.09 Å². The molecule has 1 aromatic rings. The number of hydrogen-bond donors (Lipinski definition) is 0. The summed E-state index contributed by atoms with van der Waals surface area (Å²) >= 11 is 0. The van der Waals surface area contributed by atoms with Crippen molar-refractivity contribution >= 4 is 21.8 Å². The fraction of sp³-hybridized carbons (Fsp3) is 0.533. The van der Waals surface area contributed by atoms with E-state index in [4.69, 9.17) is 4.74 Å². The quantitative estimate of drug-likeness (QED) is 0.589. The number of ether oxygens (including phenoxy) is 1. The molecule has 1 aromatic carbocycles. The molecule has 0 spiro atoms. The van der Waals surface area contributed by atoms with Crippen LogP contribution in [-0.4, -0.2) is 60.9 Å². The molecule has 0 unspecified atom stereocenters. The lowest BCUT2D eigenvalue weighted by molar-refractivity contribution is -0.387. The van der Waals surface area contributed by atoms with Crippen molar-refractivity contribution in [2.45, 2.75) is 30.2 Å². The van der Waals surface area contributed by atoms with Crippen molar-refractivity contribution in [1.82, 2.24) is 9.21 Å². The molecular formula is C15H19N3O6S. The molecule has 3 rings (SSSR count). The Hall–Kier alpha value is -2.20. The number of para-hydroxylation sites is 1. The van der Waals surface area contributed by atoms with E-state index in [1.54, 1.807) is 4.90 Å². The third-order valence-corrected chi connectivity index (χ3v) is 6.49. The zero-order valence-corrected chi connectivity index (χ0v) is 14.4. The summed E-state index contributed by atoms with van der Waals surface area (Å²) in [7, 11) is -3.95. The van der Waals surface area contributed by atoms with Gasteiger partial charge in [-0.1, -0.05) is 12.1 Å². The van der Waals surface area contributed by atoms with Crippen LogP contribution in [0, 0.1) is 10.1 Å². The van der Waals surface area contributed by atoms with E-state index < -0.39 is 20.6 Å². The van der Waals surface area contributed by atoms with Crippen molar-refractivity contribution in [3.05, 3.63) is 34.4 Å². The predicted molar refractivity (Wildman–Crippen MR) is 87.5 cm³/mol. The van der Waals surface area contributed by atoms with Crippen molar-refractivity contribution in [3.63, 3.8) is 0 Å². The van der Waals surface area contributed by atoms with E-state index >= 15 is 0 Å². The van der Waals surface area contributed by atoms with Gasteiger partial charge in [0.1, 0.15) is 0 Å². The van der Waals surface area contributed by atoms with Crippen LogP contribution in [0.25, 0.3) is 0 Å². The van der Waals surface area contributed by atoms with Crippen molar-refractivity contribution in [3.8, 4) is 0 Å². The Morgan fingerprint density at radius 2 is 1.84 bits per heavy atom. The minimum absolute atomic E-state index is 0.0648. The number of nitro benzene ring substituents is 1. The van der Waals surface area contributed by atoms with Crippen LogP contribution in [0.15, 0.2) is 29.2 Å². The highest BCUT2D eigenvalue weighted by Crippen LogP contribution is 2.29. The summed E-state index contributed by atoms with van der Waals surface area (Å²) in [6.07, 6.45) is 1.37. The second kappa shape index (κ2) is 6.96. The molecule has 0 N–H and O–H groups in total. The highest BCUT2D eigenvalue weighted by Gasteiger charge is 2.37. The molecule has 2 aliphatic rings. The summed E-state index contributed by atoms with van der Waals surface area (Å²) in [5.41, 5.74) is -0.427. The fourth-order valence-corrected chi connectivity index (χ4v) is 4.89. The summed E-state index contributed by atoms with van der Waals surface area (Å²) in [6, 6.07) is 5.28. The first-order valence-electron chi connectivity index (χ1n) is 8.08. The van der Waals surface area contributed by atoms with E-state index in [0.717, 1.165) is 6.42 Å². The van der Waals surface area contributed by atoms with Crippen LogP contribution in [0.5, 0.6) is 0 Å². The van der Waals surface area contributed by atoms with E-state index in [2.05, 4.69) is 0 Å². The van der Waals surface area contributed by atoms with Crippen molar-refractivity contribution < 1.29 is 22.9 Å². The summed E-state index contributed by atoms with van der Waals surface area (Å²) in [4.78, 5) is 23.6. The van der Waals surface area contributed by atoms with Crippen LogP contribution in [0.2, 0.25) is 0 Å². The van der Waals surface area contributed by atoms with Crippen LogP contribution in [-0.2, 0) is 14.8 Å². The Kier molecular flexibility index (Phi) is 4.91. The number of nitrogens with zero attached hydrogens (tertiary/aromatic N) is 3. The van der Waals surface area contributed by atoms with E-state index in [-0.39, 0.29) is 30.1 Å². The zero-order chi connectivity index (χ0) is 18.0. The van der Waals surface area contributed by atoms with Crippen molar-refractivity contribution in [2.75, 3.05) is 26.2 Å². The molecule has 2 saturated heterocycles. The van der Waals surface area contributed by atoms with Gasteiger partial charge in [-0.2, -0.15) is 4.31 Å². The number of sulfonamides is 1. The molecule has 25 heavy (non-hydrogen) atoms. The second-order valence-corrected chi connectivity index (χ2v) is 7.93. The van der Waals surface area contributed by atoms with Gasteiger partial charge in [0.25, 0.3) is 5.69 Å². The lowest BCUT2D eigenvalue weighted by atomic mass is 10.0. The Morgan fingerprint density at radius 1 is 1.16 bits per heavy atom. The number of cyclic esters (lactones) is 1. The highest BCUT2D eigenvalue weighted by molar-refractivity contribution is 7.89. The fourth-order valence-electron chi connectivity index (χ4n) is 3.26. The third-order valence-electron chi connectivity index (χ3n) is 4.55. The van der Waals surface area contributed by atoms with Gasteiger partial charge in [-0.15, -0.1) is 0 Å². The van der Waals surface area contributed by atoms with Gasteiger partial charge in [0, 0.05) is 31.7 Å². The van der Waals surface area contributed by atoms with E-state index in [1.165, 1.54) is 28.6 Å². The Morgan fingerprint density at radius 3 is 2.48 bits per heavy atom. The number of nitro groups is 1. The summed E-state index contributed by atoms with van der Waals surface area (Å²) in [6.45, 7) is 1.45. The number of amides is 1. The molecule has 2 fully saturated rings. The van der Waals surface area contributed by atoms with Gasteiger partial charge in [0.2, 0.25) is 10.0 Å². The van der Waals surface area contributed by atoms with Gasteiger partial charge in [-0.05, 0) is 25.3 Å². The first kappa shape index (κ1) is 17.6. The largest absolute Gasteiger partial charge is 0.449 e. The smallest absolute Gasteiger partial charge is 0.410 e. The Bertz CT molecular complexity index is 773. The maximum atomic E-state index is 12.8. The first-order chi connectivity index (χ1) is 11.9. The molecule has 1 amide bonds. The summed E-state index contributed by atoms with van der Waals surface area (Å²) in [5.74, 6) is 0. The molecule has 9 nitrogen and oxygen atoms in total. The number of carbonyl (C=O) groups is 1. The number of benzene rings is 1. The average molecular weight is 369 g/mol. The normalized spacial score (nSPS) is 20.3. The number of rotatable bonds is 4. The average Bonchev–Trinajstić information content (AvgIpc) is 2.62. The number of piperidine rings is 1. The van der Waals surface area contributed by atoms with E-state index in [0.29, 0.717) is 26.0 Å². The predicted octanol–water partition coefficient (Wildman–Crippen LogP) is 1.59. The lowest BCUT2D eigenvalue weighted by Crippen LogP contribution is -2.50. The van der Waals surface area contributed by atoms with Gasteiger partial charge < -0.3 is 9.64 Å². The molecular weight excluding hydrogens is 350 g/mol. The molecule has 0 bridgehead atoms. The van der Waals surface area contributed by atoms with E-state index in [1.807, 2.05) is 0 Å². The van der Waals surface area contributed by atoms with Crippen LogP contribution >= 0.6 is 0 Å². The zero-order valence-electron chi connectivity index (χ0n) is 13.5. The van der Waals surface area contributed by atoms with Crippen molar-refractivity contribution in [1.29, 1.82) is 0 Å². The van der Waals surface area contributed by atoms with Gasteiger partial charge in [-0.25, -0.2) is 13.2 Å². The molecule has 0 atom stereocenters. The van der Waals surface area contributed by atoms with Gasteiger partial charge in [-0.3, -0.25) is 10.1 Å². The molecule has 2 aliphatic heterocycles. The highest BCUT2D eigenvalue weighted by atomic mass is 32.2. The van der Waals surface area contributed by atoms with Crippen molar-refractivity contribution in [2.24, 2.45) is 0 Å². The molecule has 0 aliphatic carbocycles. The minimum Gasteiger partial charge on any atom is -0.449 e.